The number of halogens is 1. The highest BCUT2D eigenvalue weighted by molar-refractivity contribution is 5.43. The second kappa shape index (κ2) is 6.20. The summed E-state index contributed by atoms with van der Waals surface area (Å²) in [6, 6.07) is 11.8. The molecule has 0 bridgehead atoms. The van der Waals surface area contributed by atoms with Crippen LogP contribution in [0.5, 0.6) is 17.2 Å². The zero-order chi connectivity index (χ0) is 13.7. The molecule has 3 nitrogen and oxygen atoms in total. The van der Waals surface area contributed by atoms with Crippen molar-refractivity contribution in [2.45, 2.75) is 13.5 Å². The van der Waals surface area contributed by atoms with Gasteiger partial charge in [-0.05, 0) is 36.8 Å². The molecule has 0 heterocycles. The predicted octanol–water partition coefficient (Wildman–Crippen LogP) is 3.48. The van der Waals surface area contributed by atoms with Crippen molar-refractivity contribution in [3.63, 3.8) is 0 Å². The Kier molecular flexibility index (Phi) is 4.36. The highest BCUT2D eigenvalue weighted by Gasteiger charge is 2.09. The third-order valence-electron chi connectivity index (χ3n) is 2.60. The van der Waals surface area contributed by atoms with Gasteiger partial charge in [0.2, 0.25) is 0 Å². The first kappa shape index (κ1) is 13.4. The fourth-order valence-electron chi connectivity index (χ4n) is 1.68. The number of hydrogen-bond donors (Lipinski definition) is 1. The van der Waals surface area contributed by atoms with Crippen LogP contribution in [0.4, 0.5) is 4.39 Å². The first-order chi connectivity index (χ1) is 9.24. The van der Waals surface area contributed by atoms with Gasteiger partial charge < -0.3 is 15.2 Å². The Morgan fingerprint density at radius 2 is 1.79 bits per heavy atom. The molecule has 19 heavy (non-hydrogen) atoms. The Balaban J connectivity index is 2.26. The van der Waals surface area contributed by atoms with E-state index in [1.165, 1.54) is 6.07 Å². The molecular weight excluding hydrogens is 245 g/mol. The molecule has 2 rings (SSSR count). The summed E-state index contributed by atoms with van der Waals surface area (Å²) >= 11 is 0. The molecular formula is C15H16FNO2. The van der Waals surface area contributed by atoms with Crippen LogP contribution in [0, 0.1) is 5.82 Å². The van der Waals surface area contributed by atoms with Crippen LogP contribution in [0.2, 0.25) is 0 Å². The maximum absolute atomic E-state index is 13.8. The molecule has 0 fully saturated rings. The molecule has 0 aromatic heterocycles. The highest BCUT2D eigenvalue weighted by atomic mass is 19.1. The molecule has 4 heteroatoms. The highest BCUT2D eigenvalue weighted by Crippen LogP contribution is 2.32. The van der Waals surface area contributed by atoms with Crippen molar-refractivity contribution >= 4 is 0 Å². The van der Waals surface area contributed by atoms with Gasteiger partial charge in [-0.1, -0.05) is 18.2 Å². The standard InChI is InChI=1S/C15H16FNO2/c1-2-18-14-5-3-4-6-15(14)19-13-8-7-11(10-17)9-12(13)16/h3-9H,2,10,17H2,1H3. The summed E-state index contributed by atoms with van der Waals surface area (Å²) < 4.78 is 24.8. The number of benzene rings is 2. The molecule has 0 spiro atoms. The van der Waals surface area contributed by atoms with E-state index in [1.54, 1.807) is 24.3 Å². The van der Waals surface area contributed by atoms with Gasteiger partial charge in [-0.3, -0.25) is 0 Å². The number of ether oxygens (including phenoxy) is 2. The molecule has 0 aliphatic rings. The molecule has 0 aliphatic heterocycles. The maximum atomic E-state index is 13.8. The van der Waals surface area contributed by atoms with Gasteiger partial charge in [-0.2, -0.15) is 0 Å². The Labute approximate surface area is 111 Å². The van der Waals surface area contributed by atoms with E-state index in [2.05, 4.69) is 0 Å². The van der Waals surface area contributed by atoms with Gasteiger partial charge in [-0.15, -0.1) is 0 Å². The van der Waals surface area contributed by atoms with Crippen LogP contribution in [-0.4, -0.2) is 6.61 Å². The number of hydrogen-bond acceptors (Lipinski definition) is 3. The molecule has 2 N–H and O–H groups in total. The van der Waals surface area contributed by atoms with E-state index >= 15 is 0 Å². The third kappa shape index (κ3) is 3.23. The van der Waals surface area contributed by atoms with Gasteiger partial charge in [-0.25, -0.2) is 4.39 Å². The van der Waals surface area contributed by atoms with E-state index in [1.807, 2.05) is 19.1 Å². The molecule has 0 saturated heterocycles. The topological polar surface area (TPSA) is 44.5 Å². The van der Waals surface area contributed by atoms with Gasteiger partial charge in [0.25, 0.3) is 0 Å². The first-order valence-corrected chi connectivity index (χ1v) is 6.12. The zero-order valence-electron chi connectivity index (χ0n) is 10.7. The van der Waals surface area contributed by atoms with Crippen LogP contribution in [0.25, 0.3) is 0 Å². The van der Waals surface area contributed by atoms with Gasteiger partial charge in [0.15, 0.2) is 23.1 Å². The zero-order valence-corrected chi connectivity index (χ0v) is 10.7. The summed E-state index contributed by atoms with van der Waals surface area (Å²) in [5.41, 5.74) is 6.18. The second-order valence-electron chi connectivity index (χ2n) is 3.95. The minimum absolute atomic E-state index is 0.157. The van der Waals surface area contributed by atoms with E-state index in [0.717, 1.165) is 5.56 Å². The van der Waals surface area contributed by atoms with Crippen molar-refractivity contribution in [3.8, 4) is 17.2 Å². The summed E-state index contributed by atoms with van der Waals surface area (Å²) in [4.78, 5) is 0. The minimum atomic E-state index is -0.436. The Morgan fingerprint density at radius 1 is 1.05 bits per heavy atom. The summed E-state index contributed by atoms with van der Waals surface area (Å²) in [5, 5.41) is 0. The molecule has 0 aliphatic carbocycles. The second-order valence-corrected chi connectivity index (χ2v) is 3.95. The first-order valence-electron chi connectivity index (χ1n) is 6.12. The molecule has 100 valence electrons. The summed E-state index contributed by atoms with van der Waals surface area (Å²) in [5.74, 6) is 0.801. The van der Waals surface area contributed by atoms with Crippen LogP contribution >= 0.6 is 0 Å². The van der Waals surface area contributed by atoms with Crippen LogP contribution in [0.3, 0.4) is 0 Å². The van der Waals surface area contributed by atoms with E-state index < -0.39 is 5.82 Å². The van der Waals surface area contributed by atoms with Crippen molar-refractivity contribution in [2.75, 3.05) is 6.61 Å². The fourth-order valence-corrected chi connectivity index (χ4v) is 1.68. The summed E-state index contributed by atoms with van der Waals surface area (Å²) in [6.45, 7) is 2.70. The molecule has 0 amide bonds. The van der Waals surface area contributed by atoms with Crippen LogP contribution in [-0.2, 0) is 6.54 Å². The molecule has 0 radical (unpaired) electrons. The van der Waals surface area contributed by atoms with Gasteiger partial charge in [0.1, 0.15) is 0 Å². The number of rotatable bonds is 5. The average Bonchev–Trinajstić information content (AvgIpc) is 2.43. The van der Waals surface area contributed by atoms with Crippen molar-refractivity contribution in [1.82, 2.24) is 0 Å². The normalized spacial score (nSPS) is 10.3. The third-order valence-corrected chi connectivity index (χ3v) is 2.60. The van der Waals surface area contributed by atoms with Crippen LogP contribution in [0.1, 0.15) is 12.5 Å². The summed E-state index contributed by atoms with van der Waals surface area (Å²) in [6.07, 6.45) is 0. The Morgan fingerprint density at radius 3 is 2.42 bits per heavy atom. The largest absolute Gasteiger partial charge is 0.490 e. The van der Waals surface area contributed by atoms with Gasteiger partial charge >= 0.3 is 0 Å². The number of nitrogens with two attached hydrogens (primary N) is 1. The van der Waals surface area contributed by atoms with Crippen LogP contribution in [0.15, 0.2) is 42.5 Å². The van der Waals surface area contributed by atoms with E-state index in [9.17, 15) is 4.39 Å². The van der Waals surface area contributed by atoms with Crippen molar-refractivity contribution < 1.29 is 13.9 Å². The fraction of sp³-hybridized carbons (Fsp3) is 0.200. The quantitative estimate of drug-likeness (QED) is 0.896. The van der Waals surface area contributed by atoms with Crippen molar-refractivity contribution in [1.29, 1.82) is 0 Å². The smallest absolute Gasteiger partial charge is 0.169 e. The maximum Gasteiger partial charge on any atom is 0.169 e. The number of para-hydroxylation sites is 2. The lowest BCUT2D eigenvalue weighted by molar-refractivity contribution is 0.318. The Hall–Kier alpha value is -2.07. The Bertz CT molecular complexity index is 558. The molecule has 0 saturated carbocycles. The van der Waals surface area contributed by atoms with E-state index in [0.29, 0.717) is 24.7 Å². The van der Waals surface area contributed by atoms with Crippen LogP contribution < -0.4 is 15.2 Å². The lowest BCUT2D eigenvalue weighted by atomic mass is 10.2. The SMILES string of the molecule is CCOc1ccccc1Oc1ccc(CN)cc1F. The molecule has 0 atom stereocenters. The van der Waals surface area contributed by atoms with Gasteiger partial charge in [0.05, 0.1) is 6.61 Å². The summed E-state index contributed by atoms with van der Waals surface area (Å²) in [7, 11) is 0. The predicted molar refractivity (Wildman–Crippen MR) is 72.0 cm³/mol. The molecule has 2 aromatic carbocycles. The van der Waals surface area contributed by atoms with E-state index in [-0.39, 0.29) is 5.75 Å². The van der Waals surface area contributed by atoms with Gasteiger partial charge in [0, 0.05) is 6.54 Å². The molecule has 2 aromatic rings. The monoisotopic (exact) mass is 261 g/mol. The van der Waals surface area contributed by atoms with E-state index in [4.69, 9.17) is 15.2 Å². The lowest BCUT2D eigenvalue weighted by Gasteiger charge is -2.12. The lowest BCUT2D eigenvalue weighted by Crippen LogP contribution is -1.99. The minimum Gasteiger partial charge on any atom is -0.490 e. The van der Waals surface area contributed by atoms with Crippen molar-refractivity contribution in [3.05, 3.63) is 53.8 Å². The van der Waals surface area contributed by atoms with Crippen molar-refractivity contribution in [2.24, 2.45) is 5.73 Å². The average molecular weight is 261 g/mol. The molecule has 0 unspecified atom stereocenters.